The van der Waals surface area contributed by atoms with Crippen molar-refractivity contribution in [3.05, 3.63) is 248 Å². The molecule has 0 nitrogen and oxygen atoms in total. The SMILES string of the molecule is C1=CC2CC(=C1)c1cccc(c1)-c1cc(-c3cccc(-c4cccc(-c5cccc(-c6ccccc6)c5)c4)c3)cc(c1)-c1cccc(c1)-c1cccc(c1)-c1cccc2c1. The molecule has 0 saturated carbocycles. The van der Waals surface area contributed by atoms with Crippen molar-refractivity contribution in [1.82, 2.24) is 0 Å². The molecule has 60 heavy (non-hydrogen) atoms. The van der Waals surface area contributed by atoms with Crippen LogP contribution in [0.3, 0.4) is 0 Å². The van der Waals surface area contributed by atoms with Gasteiger partial charge in [0.2, 0.25) is 0 Å². The standard InChI is InChI=1S/C60H42/c1-2-12-41(13-3-1)42-14-4-15-43(30-42)44-16-5-21-49(31-44)52-24-9-27-55(35-52)58-38-59-40-60(39-58)57-29-11-26-54(37-57)51-23-8-20-48(34-51)46-18-6-17-45(32-46)47-19-7-22-50(33-47)53-25-10-28-56(59)36-53/h1-33,35-40,48H,34H2. The van der Waals surface area contributed by atoms with Crippen molar-refractivity contribution in [2.45, 2.75) is 12.3 Å². The van der Waals surface area contributed by atoms with Crippen LogP contribution in [0.25, 0.3) is 94.6 Å². The Hall–Kier alpha value is -7.54. The quantitative estimate of drug-likeness (QED) is 0.167. The molecule has 0 aliphatic heterocycles. The molecule has 12 bridgehead atoms. The largest absolute Gasteiger partial charge is 0.0767 e. The molecule has 9 aromatic carbocycles. The van der Waals surface area contributed by atoms with Crippen LogP contribution in [0.15, 0.2) is 237 Å². The van der Waals surface area contributed by atoms with E-state index in [1.165, 1.54) is 106 Å². The molecule has 2 aliphatic carbocycles. The van der Waals surface area contributed by atoms with Crippen molar-refractivity contribution in [1.29, 1.82) is 0 Å². The lowest BCUT2D eigenvalue weighted by Crippen LogP contribution is -2.01. The summed E-state index contributed by atoms with van der Waals surface area (Å²) in [6, 6.07) is 80.9. The first kappa shape index (κ1) is 35.6. The van der Waals surface area contributed by atoms with Gasteiger partial charge in [-0.3, -0.25) is 0 Å². The van der Waals surface area contributed by atoms with E-state index in [4.69, 9.17) is 0 Å². The van der Waals surface area contributed by atoms with Gasteiger partial charge in [0, 0.05) is 5.92 Å². The summed E-state index contributed by atoms with van der Waals surface area (Å²) in [6.07, 6.45) is 7.87. The van der Waals surface area contributed by atoms with Gasteiger partial charge in [0.15, 0.2) is 0 Å². The third-order valence-corrected chi connectivity index (χ3v) is 12.3. The van der Waals surface area contributed by atoms with E-state index in [2.05, 4.69) is 237 Å². The molecular weight excluding hydrogens is 721 g/mol. The molecule has 1 atom stereocenters. The molecule has 0 radical (unpaired) electrons. The Balaban J connectivity index is 1.03. The highest BCUT2D eigenvalue weighted by atomic mass is 14.2. The number of hydrogen-bond donors (Lipinski definition) is 0. The van der Waals surface area contributed by atoms with Crippen LogP contribution in [0, 0.1) is 0 Å². The maximum Gasteiger partial charge on any atom is 0.00619 e. The van der Waals surface area contributed by atoms with E-state index in [1.807, 2.05) is 0 Å². The predicted octanol–water partition coefficient (Wildman–Crippen LogP) is 16.5. The van der Waals surface area contributed by atoms with Gasteiger partial charge in [0.1, 0.15) is 0 Å². The minimum atomic E-state index is 0.315. The predicted molar refractivity (Wildman–Crippen MR) is 254 cm³/mol. The molecule has 0 heterocycles. The van der Waals surface area contributed by atoms with E-state index < -0.39 is 0 Å². The Bertz CT molecular complexity index is 3120. The molecule has 0 amide bonds. The van der Waals surface area contributed by atoms with Crippen LogP contribution >= 0.6 is 0 Å². The molecule has 1 unspecified atom stereocenters. The van der Waals surface area contributed by atoms with Crippen LogP contribution in [0.1, 0.15) is 23.5 Å². The van der Waals surface area contributed by atoms with Crippen molar-refractivity contribution in [3.63, 3.8) is 0 Å². The molecule has 0 fully saturated rings. The monoisotopic (exact) mass is 762 g/mol. The highest BCUT2D eigenvalue weighted by Crippen LogP contribution is 2.40. The van der Waals surface area contributed by atoms with Crippen LogP contribution in [0.2, 0.25) is 0 Å². The highest BCUT2D eigenvalue weighted by Gasteiger charge is 2.18. The maximum atomic E-state index is 2.39. The van der Waals surface area contributed by atoms with Gasteiger partial charge in [-0.15, -0.1) is 0 Å². The Morgan fingerprint density at radius 1 is 0.250 bits per heavy atom. The van der Waals surface area contributed by atoms with Crippen LogP contribution in [0.4, 0.5) is 0 Å². The average molecular weight is 763 g/mol. The molecule has 0 N–H and O–H groups in total. The molecule has 0 spiro atoms. The van der Waals surface area contributed by atoms with Crippen LogP contribution in [0.5, 0.6) is 0 Å². The third-order valence-electron chi connectivity index (χ3n) is 12.3. The summed E-state index contributed by atoms with van der Waals surface area (Å²) in [4.78, 5) is 0. The Morgan fingerprint density at radius 2 is 0.550 bits per heavy atom. The second-order valence-electron chi connectivity index (χ2n) is 16.2. The van der Waals surface area contributed by atoms with E-state index in [0.717, 1.165) is 6.42 Å². The molecule has 0 heteroatoms. The van der Waals surface area contributed by atoms with Gasteiger partial charge in [0.05, 0.1) is 0 Å². The first-order valence-corrected chi connectivity index (χ1v) is 21.0. The first-order valence-electron chi connectivity index (χ1n) is 21.0. The van der Waals surface area contributed by atoms with Gasteiger partial charge in [-0.1, -0.05) is 182 Å². The van der Waals surface area contributed by atoms with Gasteiger partial charge in [-0.25, -0.2) is 0 Å². The Morgan fingerprint density at radius 3 is 0.983 bits per heavy atom. The van der Waals surface area contributed by atoms with Gasteiger partial charge in [-0.2, -0.15) is 0 Å². The number of hydrogen-bond acceptors (Lipinski definition) is 0. The topological polar surface area (TPSA) is 0 Å². The van der Waals surface area contributed by atoms with Gasteiger partial charge >= 0.3 is 0 Å². The van der Waals surface area contributed by atoms with Gasteiger partial charge < -0.3 is 0 Å². The zero-order valence-corrected chi connectivity index (χ0v) is 33.3. The minimum absolute atomic E-state index is 0.315. The Kier molecular flexibility index (Phi) is 9.10. The molecule has 9 aromatic rings. The smallest absolute Gasteiger partial charge is 0.00619 e. The van der Waals surface area contributed by atoms with Crippen molar-refractivity contribution >= 4 is 5.57 Å². The lowest BCUT2D eigenvalue weighted by atomic mass is 9.83. The van der Waals surface area contributed by atoms with Gasteiger partial charge in [-0.05, 0) is 167 Å². The van der Waals surface area contributed by atoms with Crippen LogP contribution in [-0.2, 0) is 0 Å². The second-order valence-corrected chi connectivity index (χ2v) is 16.2. The van der Waals surface area contributed by atoms with E-state index >= 15 is 0 Å². The van der Waals surface area contributed by atoms with E-state index in [0.29, 0.717) is 5.92 Å². The summed E-state index contributed by atoms with van der Waals surface area (Å²) in [5.41, 5.74) is 23.4. The van der Waals surface area contributed by atoms with E-state index in [-0.39, 0.29) is 0 Å². The zero-order chi connectivity index (χ0) is 39.8. The fraction of sp³-hybridized carbons (Fsp3) is 0.0333. The summed E-state index contributed by atoms with van der Waals surface area (Å²) in [5, 5.41) is 0. The summed E-state index contributed by atoms with van der Waals surface area (Å²) < 4.78 is 0. The number of rotatable bonds is 4. The highest BCUT2D eigenvalue weighted by molar-refractivity contribution is 5.86. The lowest BCUT2D eigenvalue weighted by molar-refractivity contribution is 0.868. The molecule has 0 aromatic heterocycles. The van der Waals surface area contributed by atoms with Crippen molar-refractivity contribution in [3.8, 4) is 89.0 Å². The molecule has 11 rings (SSSR count). The zero-order valence-electron chi connectivity index (χ0n) is 33.3. The number of fused-ring (bicyclic) bond motifs is 18. The number of allylic oxidation sites excluding steroid dienone is 4. The summed E-state index contributed by atoms with van der Waals surface area (Å²) in [6.45, 7) is 0. The fourth-order valence-electron chi connectivity index (χ4n) is 9.12. The maximum absolute atomic E-state index is 2.39. The normalized spacial score (nSPS) is 13.8. The summed E-state index contributed by atoms with van der Waals surface area (Å²) >= 11 is 0. The van der Waals surface area contributed by atoms with Crippen molar-refractivity contribution in [2.75, 3.05) is 0 Å². The lowest BCUT2D eigenvalue weighted by Gasteiger charge is -2.21. The molecule has 2 aliphatic rings. The minimum Gasteiger partial charge on any atom is -0.0767 e. The summed E-state index contributed by atoms with van der Waals surface area (Å²) in [5.74, 6) is 0.315. The number of benzene rings is 9. The second kappa shape index (κ2) is 15.3. The van der Waals surface area contributed by atoms with E-state index in [9.17, 15) is 0 Å². The third kappa shape index (κ3) is 7.04. The molecule has 0 saturated heterocycles. The van der Waals surface area contributed by atoms with E-state index in [1.54, 1.807) is 0 Å². The first-order chi connectivity index (χ1) is 29.7. The fourth-order valence-corrected chi connectivity index (χ4v) is 9.12. The summed E-state index contributed by atoms with van der Waals surface area (Å²) in [7, 11) is 0. The van der Waals surface area contributed by atoms with Crippen molar-refractivity contribution < 1.29 is 0 Å². The average Bonchev–Trinajstić information content (AvgIpc) is 3.34. The molecular formula is C60H42. The molecule has 282 valence electrons. The van der Waals surface area contributed by atoms with Gasteiger partial charge in [0.25, 0.3) is 0 Å². The van der Waals surface area contributed by atoms with Crippen LogP contribution < -0.4 is 0 Å². The Labute approximate surface area is 353 Å². The van der Waals surface area contributed by atoms with Crippen LogP contribution in [-0.4, -0.2) is 0 Å². The van der Waals surface area contributed by atoms with Crippen molar-refractivity contribution in [2.24, 2.45) is 0 Å².